The van der Waals surface area contributed by atoms with Crippen molar-refractivity contribution in [2.24, 2.45) is 0 Å². The molecule has 19 heavy (non-hydrogen) atoms. The first-order valence-electron chi connectivity index (χ1n) is 6.93. The zero-order valence-corrected chi connectivity index (χ0v) is 12.9. The molecule has 2 heterocycles. The Labute approximate surface area is 117 Å². The standard InChI is InChI=1S/C13H25N2O3S/c1-14(19(3,16)17)9-13(18-2)10-15-11-5-4-6-12(15)8-7-11/h4,11-13H,5-10H2,1-3H3/t11-,12+,13?. The van der Waals surface area contributed by atoms with E-state index < -0.39 is 10.0 Å². The third kappa shape index (κ3) is 3.68. The molecule has 2 aliphatic heterocycles. The SMILES string of the molecule is COC(CN1[C@@H]2C[CH]C[C@H]1CC2)CN(C)S(C)(=O)=O. The van der Waals surface area contributed by atoms with Crippen LogP contribution in [0.4, 0.5) is 0 Å². The third-order valence-electron chi connectivity index (χ3n) is 4.42. The monoisotopic (exact) mass is 289 g/mol. The summed E-state index contributed by atoms with van der Waals surface area (Å²) in [6.45, 7) is 1.26. The number of ether oxygens (including phenoxy) is 1. The van der Waals surface area contributed by atoms with Gasteiger partial charge in [0.15, 0.2) is 0 Å². The van der Waals surface area contributed by atoms with Gasteiger partial charge in [0.05, 0.1) is 12.4 Å². The lowest BCUT2D eigenvalue weighted by atomic mass is 10.0. The quantitative estimate of drug-likeness (QED) is 0.723. The summed E-state index contributed by atoms with van der Waals surface area (Å²) in [6, 6.07) is 1.28. The first-order chi connectivity index (χ1) is 8.91. The van der Waals surface area contributed by atoms with E-state index in [-0.39, 0.29) is 6.10 Å². The van der Waals surface area contributed by atoms with Gasteiger partial charge in [-0.1, -0.05) is 0 Å². The molecular weight excluding hydrogens is 264 g/mol. The third-order valence-corrected chi connectivity index (χ3v) is 5.70. The Morgan fingerprint density at radius 2 is 1.95 bits per heavy atom. The van der Waals surface area contributed by atoms with Crippen molar-refractivity contribution in [1.29, 1.82) is 0 Å². The number of fused-ring (bicyclic) bond motifs is 2. The Bertz CT molecular complexity index is 383. The zero-order chi connectivity index (χ0) is 14.0. The van der Waals surface area contributed by atoms with Gasteiger partial charge in [0.1, 0.15) is 0 Å². The summed E-state index contributed by atoms with van der Waals surface area (Å²) < 4.78 is 29.8. The Balaban J connectivity index is 1.92. The highest BCUT2D eigenvalue weighted by Crippen LogP contribution is 2.35. The van der Waals surface area contributed by atoms with Crippen LogP contribution in [0.25, 0.3) is 0 Å². The van der Waals surface area contributed by atoms with Crippen LogP contribution in [-0.4, -0.2) is 69.3 Å². The van der Waals surface area contributed by atoms with Gasteiger partial charge in [-0.2, -0.15) is 0 Å². The molecule has 3 atom stereocenters. The number of likely N-dealkylation sites (N-methyl/N-ethyl adjacent to an activating group) is 1. The van der Waals surface area contributed by atoms with Crippen molar-refractivity contribution in [3.63, 3.8) is 0 Å². The van der Waals surface area contributed by atoms with Gasteiger partial charge in [-0.05, 0) is 32.1 Å². The first kappa shape index (κ1) is 15.2. The summed E-state index contributed by atoms with van der Waals surface area (Å²) in [6.07, 6.45) is 8.42. The number of nitrogens with zero attached hydrogens (tertiary/aromatic N) is 2. The Morgan fingerprint density at radius 1 is 1.37 bits per heavy atom. The maximum absolute atomic E-state index is 11.5. The van der Waals surface area contributed by atoms with E-state index in [2.05, 4.69) is 11.3 Å². The predicted molar refractivity (Wildman–Crippen MR) is 75.3 cm³/mol. The van der Waals surface area contributed by atoms with Crippen LogP contribution in [0.3, 0.4) is 0 Å². The average Bonchev–Trinajstić information content (AvgIpc) is 2.58. The highest BCUT2D eigenvalue weighted by atomic mass is 32.2. The maximum atomic E-state index is 11.5. The van der Waals surface area contributed by atoms with Crippen LogP contribution in [0.1, 0.15) is 25.7 Å². The lowest BCUT2D eigenvalue weighted by molar-refractivity contribution is 0.0312. The van der Waals surface area contributed by atoms with Crippen molar-refractivity contribution >= 4 is 10.0 Å². The van der Waals surface area contributed by atoms with Crippen LogP contribution in [-0.2, 0) is 14.8 Å². The van der Waals surface area contributed by atoms with Gasteiger partial charge in [-0.25, -0.2) is 12.7 Å². The fourth-order valence-electron chi connectivity index (χ4n) is 3.16. The van der Waals surface area contributed by atoms with E-state index in [1.54, 1.807) is 14.2 Å². The van der Waals surface area contributed by atoms with Gasteiger partial charge in [0, 0.05) is 39.3 Å². The Hall–Kier alpha value is -0.170. The Morgan fingerprint density at radius 3 is 2.42 bits per heavy atom. The summed E-state index contributed by atoms with van der Waals surface area (Å²) in [5.41, 5.74) is 0. The molecule has 0 aromatic rings. The number of hydrogen-bond acceptors (Lipinski definition) is 4. The van der Waals surface area contributed by atoms with Crippen LogP contribution < -0.4 is 0 Å². The van der Waals surface area contributed by atoms with Crippen molar-refractivity contribution in [2.75, 3.05) is 33.5 Å². The van der Waals surface area contributed by atoms with E-state index in [4.69, 9.17) is 4.74 Å². The van der Waals surface area contributed by atoms with Crippen LogP contribution in [0.5, 0.6) is 0 Å². The van der Waals surface area contributed by atoms with Gasteiger partial charge in [0.2, 0.25) is 10.0 Å². The normalized spacial score (nSPS) is 29.9. The smallest absolute Gasteiger partial charge is 0.211 e. The second kappa shape index (κ2) is 6.08. The summed E-state index contributed by atoms with van der Waals surface area (Å²) in [7, 11) is 0.145. The highest BCUT2D eigenvalue weighted by molar-refractivity contribution is 7.88. The van der Waals surface area contributed by atoms with Crippen LogP contribution in [0, 0.1) is 6.42 Å². The second-order valence-electron chi connectivity index (χ2n) is 5.74. The van der Waals surface area contributed by atoms with E-state index in [1.807, 2.05) is 0 Å². The molecule has 0 aromatic heterocycles. The largest absolute Gasteiger partial charge is 0.379 e. The number of sulfonamides is 1. The summed E-state index contributed by atoms with van der Waals surface area (Å²) in [5, 5.41) is 0. The summed E-state index contributed by atoms with van der Waals surface area (Å²) >= 11 is 0. The van der Waals surface area contributed by atoms with E-state index >= 15 is 0 Å². The van der Waals surface area contributed by atoms with Gasteiger partial charge >= 0.3 is 0 Å². The number of hydrogen-bond donors (Lipinski definition) is 0. The van der Waals surface area contributed by atoms with Gasteiger partial charge < -0.3 is 4.74 Å². The lowest BCUT2D eigenvalue weighted by Crippen LogP contribution is -2.47. The van der Waals surface area contributed by atoms with E-state index in [0.717, 1.165) is 19.4 Å². The zero-order valence-electron chi connectivity index (χ0n) is 12.1. The average molecular weight is 289 g/mol. The minimum absolute atomic E-state index is 0.0547. The van der Waals surface area contributed by atoms with E-state index in [9.17, 15) is 8.42 Å². The molecule has 2 bridgehead atoms. The van der Waals surface area contributed by atoms with Crippen molar-refractivity contribution in [1.82, 2.24) is 9.21 Å². The molecule has 5 nitrogen and oxygen atoms in total. The number of piperidine rings is 1. The van der Waals surface area contributed by atoms with Gasteiger partial charge in [0.25, 0.3) is 0 Å². The molecule has 2 fully saturated rings. The predicted octanol–water partition coefficient (Wildman–Crippen LogP) is 0.724. The maximum Gasteiger partial charge on any atom is 0.211 e. The van der Waals surface area contributed by atoms with Crippen molar-refractivity contribution < 1.29 is 13.2 Å². The second-order valence-corrected chi connectivity index (χ2v) is 7.83. The van der Waals surface area contributed by atoms with E-state index in [0.29, 0.717) is 18.6 Å². The minimum atomic E-state index is -3.13. The fourth-order valence-corrected chi connectivity index (χ4v) is 3.60. The highest BCUT2D eigenvalue weighted by Gasteiger charge is 2.37. The van der Waals surface area contributed by atoms with Crippen LogP contribution in [0.15, 0.2) is 0 Å². The van der Waals surface area contributed by atoms with Crippen molar-refractivity contribution in [2.45, 2.75) is 43.9 Å². The first-order valence-corrected chi connectivity index (χ1v) is 8.78. The molecule has 0 N–H and O–H groups in total. The molecule has 2 saturated heterocycles. The minimum Gasteiger partial charge on any atom is -0.379 e. The molecule has 1 unspecified atom stereocenters. The molecular formula is C13H25N2O3S. The fraction of sp³-hybridized carbons (Fsp3) is 0.923. The lowest BCUT2D eigenvalue weighted by Gasteiger charge is -2.37. The molecule has 0 aromatic carbocycles. The molecule has 111 valence electrons. The molecule has 0 amide bonds. The molecule has 0 aliphatic carbocycles. The molecule has 2 aliphatic rings. The molecule has 2 rings (SSSR count). The van der Waals surface area contributed by atoms with Gasteiger partial charge in [-0.15, -0.1) is 0 Å². The molecule has 1 radical (unpaired) electrons. The molecule has 0 saturated carbocycles. The topological polar surface area (TPSA) is 49.9 Å². The van der Waals surface area contributed by atoms with Crippen molar-refractivity contribution in [3.8, 4) is 0 Å². The van der Waals surface area contributed by atoms with Crippen molar-refractivity contribution in [3.05, 3.63) is 6.42 Å². The van der Waals surface area contributed by atoms with Crippen LogP contribution >= 0.6 is 0 Å². The Kier molecular flexibility index (Phi) is 4.87. The van der Waals surface area contributed by atoms with Gasteiger partial charge in [-0.3, -0.25) is 4.90 Å². The van der Waals surface area contributed by atoms with E-state index in [1.165, 1.54) is 23.4 Å². The summed E-state index contributed by atoms with van der Waals surface area (Å²) in [4.78, 5) is 2.52. The van der Waals surface area contributed by atoms with Crippen LogP contribution in [0.2, 0.25) is 0 Å². The molecule has 0 spiro atoms. The molecule has 6 heteroatoms. The number of methoxy groups -OCH3 is 1. The number of rotatable bonds is 6. The summed E-state index contributed by atoms with van der Waals surface area (Å²) in [5.74, 6) is 0.